The molecule has 0 atom stereocenters. The van der Waals surface area contributed by atoms with Crippen LogP contribution in [0, 0.1) is 0 Å². The quantitative estimate of drug-likeness (QED) is 0.711. The van der Waals surface area contributed by atoms with E-state index in [4.69, 9.17) is 4.98 Å². The third-order valence-corrected chi connectivity index (χ3v) is 7.33. The van der Waals surface area contributed by atoms with Crippen molar-refractivity contribution >= 4 is 11.0 Å². The van der Waals surface area contributed by atoms with E-state index in [-0.39, 0.29) is 0 Å². The Labute approximate surface area is 179 Å². The Morgan fingerprint density at radius 2 is 1.80 bits per heavy atom. The summed E-state index contributed by atoms with van der Waals surface area (Å²) in [5.74, 6) is 0.631. The molecular formula is C24H34N6. The van der Waals surface area contributed by atoms with Gasteiger partial charge in [-0.2, -0.15) is 5.10 Å². The molecule has 0 amide bonds. The van der Waals surface area contributed by atoms with Gasteiger partial charge in [0.25, 0.3) is 0 Å². The number of aryl methyl sites for hydroxylation is 1. The van der Waals surface area contributed by atoms with E-state index >= 15 is 0 Å². The van der Waals surface area contributed by atoms with Gasteiger partial charge < -0.3 is 4.98 Å². The molecule has 3 aromatic heterocycles. The van der Waals surface area contributed by atoms with E-state index in [0.717, 1.165) is 17.3 Å². The van der Waals surface area contributed by atoms with Crippen LogP contribution in [0.2, 0.25) is 0 Å². The largest absolute Gasteiger partial charge is 0.346 e. The number of aromatic amines is 1. The number of fused-ring (bicyclic) bond motifs is 1. The Kier molecular flexibility index (Phi) is 5.37. The fourth-order valence-corrected chi connectivity index (χ4v) is 5.44. The Balaban J connectivity index is 1.26. The van der Waals surface area contributed by atoms with Crippen LogP contribution in [0.3, 0.4) is 0 Å². The molecule has 2 aliphatic rings. The summed E-state index contributed by atoms with van der Waals surface area (Å²) in [6.07, 6.45) is 13.3. The number of H-pyrrole nitrogens is 1. The minimum atomic E-state index is 0.631. The molecule has 0 aromatic carbocycles. The predicted octanol–water partition coefficient (Wildman–Crippen LogP) is 4.02. The fourth-order valence-electron chi connectivity index (χ4n) is 5.44. The van der Waals surface area contributed by atoms with Crippen molar-refractivity contribution in [3.8, 4) is 11.1 Å². The van der Waals surface area contributed by atoms with Gasteiger partial charge in [0, 0.05) is 80.4 Å². The van der Waals surface area contributed by atoms with Gasteiger partial charge in [0.15, 0.2) is 0 Å². The van der Waals surface area contributed by atoms with Crippen LogP contribution in [0.4, 0.5) is 0 Å². The molecule has 1 saturated heterocycles. The lowest BCUT2D eigenvalue weighted by molar-refractivity contribution is 0.0620. The van der Waals surface area contributed by atoms with Crippen LogP contribution in [0.15, 0.2) is 30.9 Å². The Bertz CT molecular complexity index is 986. The first-order valence-corrected chi connectivity index (χ1v) is 11.5. The first-order valence-electron chi connectivity index (χ1n) is 11.5. The molecular weight excluding hydrogens is 372 g/mol. The fraction of sp³-hybridized carbons (Fsp3) is 0.583. The third kappa shape index (κ3) is 3.79. The van der Waals surface area contributed by atoms with Crippen molar-refractivity contribution in [2.45, 2.75) is 57.5 Å². The van der Waals surface area contributed by atoms with E-state index in [1.807, 2.05) is 17.9 Å². The lowest BCUT2D eigenvalue weighted by Crippen LogP contribution is -2.52. The highest BCUT2D eigenvalue weighted by Gasteiger charge is 2.29. The molecule has 3 aromatic rings. The highest BCUT2D eigenvalue weighted by Crippen LogP contribution is 2.37. The summed E-state index contributed by atoms with van der Waals surface area (Å²) in [6.45, 7) is 9.55. The Morgan fingerprint density at radius 3 is 2.47 bits per heavy atom. The van der Waals surface area contributed by atoms with Gasteiger partial charge in [-0.1, -0.05) is 0 Å². The van der Waals surface area contributed by atoms with Crippen molar-refractivity contribution in [1.29, 1.82) is 0 Å². The summed E-state index contributed by atoms with van der Waals surface area (Å²) in [6, 6.07) is 3.81. The smallest absolute Gasteiger partial charge is 0.137 e. The molecule has 1 saturated carbocycles. The number of nitrogens with zero attached hydrogens (tertiary/aromatic N) is 5. The highest BCUT2D eigenvalue weighted by atomic mass is 15.3. The van der Waals surface area contributed by atoms with Crippen LogP contribution in [0.25, 0.3) is 22.2 Å². The molecule has 6 nitrogen and oxygen atoms in total. The van der Waals surface area contributed by atoms with Gasteiger partial charge >= 0.3 is 0 Å². The molecule has 1 N–H and O–H groups in total. The molecule has 0 bridgehead atoms. The normalized spacial score (nSPS) is 24.1. The molecule has 1 aliphatic heterocycles. The maximum atomic E-state index is 4.74. The molecule has 1 aliphatic carbocycles. The Hall–Kier alpha value is -2.18. The number of hydrogen-bond donors (Lipinski definition) is 1. The van der Waals surface area contributed by atoms with Crippen LogP contribution >= 0.6 is 0 Å². The third-order valence-electron chi connectivity index (χ3n) is 7.33. The summed E-state index contributed by atoms with van der Waals surface area (Å²) >= 11 is 0. The number of rotatable bonds is 4. The standard InChI is InChI=1S/C24H34N6/c1-17(2)29-8-10-30(11-9-29)21-6-4-18(5-7-21)19-12-22-23(15-26-24(22)25-13-19)20-14-27-28(3)16-20/h12-18,21H,4-11H2,1-3H3,(H,25,26)/t18-,21-. The zero-order valence-corrected chi connectivity index (χ0v) is 18.5. The monoisotopic (exact) mass is 406 g/mol. The molecule has 4 heterocycles. The first-order chi connectivity index (χ1) is 14.6. The molecule has 2 fully saturated rings. The topological polar surface area (TPSA) is 53.0 Å². The van der Waals surface area contributed by atoms with E-state index in [2.05, 4.69) is 58.4 Å². The average Bonchev–Trinajstić information content (AvgIpc) is 3.39. The van der Waals surface area contributed by atoms with Crippen LogP contribution in [0.5, 0.6) is 0 Å². The van der Waals surface area contributed by atoms with Gasteiger partial charge in [0.05, 0.1) is 6.20 Å². The van der Waals surface area contributed by atoms with Crippen molar-refractivity contribution in [2.75, 3.05) is 26.2 Å². The van der Waals surface area contributed by atoms with Crippen molar-refractivity contribution < 1.29 is 0 Å². The van der Waals surface area contributed by atoms with E-state index < -0.39 is 0 Å². The molecule has 5 rings (SSSR count). The van der Waals surface area contributed by atoms with E-state index in [0.29, 0.717) is 12.0 Å². The zero-order chi connectivity index (χ0) is 20.7. The molecule has 30 heavy (non-hydrogen) atoms. The average molecular weight is 407 g/mol. The van der Waals surface area contributed by atoms with E-state index in [1.54, 1.807) is 0 Å². The van der Waals surface area contributed by atoms with Crippen LogP contribution in [-0.2, 0) is 7.05 Å². The number of pyridine rings is 1. The van der Waals surface area contributed by atoms with Crippen LogP contribution < -0.4 is 0 Å². The summed E-state index contributed by atoms with van der Waals surface area (Å²) in [5.41, 5.74) is 4.71. The summed E-state index contributed by atoms with van der Waals surface area (Å²) in [4.78, 5) is 13.4. The van der Waals surface area contributed by atoms with E-state index in [1.165, 1.54) is 68.4 Å². The SMILES string of the molecule is CC(C)N1CCN([C@H]2CC[C@H](c3cnc4[nH]cc(-c5cnn(C)c5)c4c3)CC2)CC1. The van der Waals surface area contributed by atoms with Gasteiger partial charge in [-0.05, 0) is 57.1 Å². The lowest BCUT2D eigenvalue weighted by atomic mass is 9.81. The number of piperazine rings is 1. The van der Waals surface area contributed by atoms with Crippen molar-refractivity contribution in [2.24, 2.45) is 7.05 Å². The maximum Gasteiger partial charge on any atom is 0.137 e. The second-order valence-corrected chi connectivity index (χ2v) is 9.44. The van der Waals surface area contributed by atoms with Gasteiger partial charge in [-0.25, -0.2) is 4.98 Å². The molecule has 0 radical (unpaired) electrons. The second kappa shape index (κ2) is 8.16. The summed E-state index contributed by atoms with van der Waals surface area (Å²) in [7, 11) is 1.96. The minimum absolute atomic E-state index is 0.631. The predicted molar refractivity (Wildman–Crippen MR) is 122 cm³/mol. The van der Waals surface area contributed by atoms with Crippen LogP contribution in [-0.4, -0.2) is 67.8 Å². The van der Waals surface area contributed by atoms with Gasteiger partial charge in [-0.15, -0.1) is 0 Å². The molecule has 0 spiro atoms. The van der Waals surface area contributed by atoms with Crippen molar-refractivity contribution in [3.63, 3.8) is 0 Å². The summed E-state index contributed by atoms with van der Waals surface area (Å²) < 4.78 is 1.85. The van der Waals surface area contributed by atoms with E-state index in [9.17, 15) is 0 Å². The zero-order valence-electron chi connectivity index (χ0n) is 18.5. The summed E-state index contributed by atoms with van der Waals surface area (Å²) in [5, 5.41) is 5.55. The Morgan fingerprint density at radius 1 is 1.03 bits per heavy atom. The van der Waals surface area contributed by atoms with Crippen LogP contribution in [0.1, 0.15) is 51.0 Å². The van der Waals surface area contributed by atoms with Crippen molar-refractivity contribution in [3.05, 3.63) is 36.4 Å². The molecule has 0 unspecified atom stereocenters. The number of hydrogen-bond acceptors (Lipinski definition) is 4. The lowest BCUT2D eigenvalue weighted by Gasteiger charge is -2.43. The molecule has 160 valence electrons. The van der Waals surface area contributed by atoms with Gasteiger partial charge in [0.1, 0.15) is 5.65 Å². The second-order valence-electron chi connectivity index (χ2n) is 9.44. The molecule has 6 heteroatoms. The van der Waals surface area contributed by atoms with Gasteiger partial charge in [0.2, 0.25) is 0 Å². The number of nitrogens with one attached hydrogen (secondary N) is 1. The number of aromatic nitrogens is 4. The van der Waals surface area contributed by atoms with Gasteiger partial charge in [-0.3, -0.25) is 14.5 Å². The first kappa shape index (κ1) is 19.8. The minimum Gasteiger partial charge on any atom is -0.346 e. The van der Waals surface area contributed by atoms with Crippen molar-refractivity contribution in [1.82, 2.24) is 29.5 Å². The maximum absolute atomic E-state index is 4.74. The highest BCUT2D eigenvalue weighted by molar-refractivity contribution is 5.93.